The molecule has 3 N–H and O–H groups in total. The Balaban J connectivity index is 1.99. The molecule has 0 amide bonds. The number of benzene rings is 2. The zero-order valence-corrected chi connectivity index (χ0v) is 11.2. The molecule has 0 atom stereocenters. The summed E-state index contributed by atoms with van der Waals surface area (Å²) in [5, 5.41) is 3.95. The fraction of sp³-hybridized carbons (Fsp3) is 0. The number of nitrogens with zero attached hydrogens (tertiary/aromatic N) is 1. The van der Waals surface area contributed by atoms with Crippen LogP contribution < -0.4 is 15.9 Å². The summed E-state index contributed by atoms with van der Waals surface area (Å²) in [4.78, 5) is 0. The van der Waals surface area contributed by atoms with Gasteiger partial charge in [0.25, 0.3) is 0 Å². The molecule has 0 saturated carbocycles. The van der Waals surface area contributed by atoms with Gasteiger partial charge in [0.2, 0.25) is 0 Å². The molecule has 0 aliphatic rings. The van der Waals surface area contributed by atoms with E-state index in [1.165, 1.54) is 12.1 Å². The van der Waals surface area contributed by atoms with Crippen molar-refractivity contribution in [3.05, 3.63) is 59.9 Å². The zero-order valence-electron chi connectivity index (χ0n) is 10.4. The summed E-state index contributed by atoms with van der Waals surface area (Å²) in [5.74, 6) is 0.924. The van der Waals surface area contributed by atoms with E-state index in [9.17, 15) is 4.39 Å². The van der Waals surface area contributed by atoms with E-state index in [1.54, 1.807) is 30.5 Å². The molecular formula is C14H12FN3OS. The van der Waals surface area contributed by atoms with Crippen molar-refractivity contribution in [2.24, 2.45) is 10.8 Å². The second-order valence-electron chi connectivity index (χ2n) is 3.86. The molecule has 0 radical (unpaired) electrons. The van der Waals surface area contributed by atoms with E-state index in [0.29, 0.717) is 11.5 Å². The molecule has 6 heteroatoms. The van der Waals surface area contributed by atoms with Gasteiger partial charge in [0.15, 0.2) is 5.11 Å². The second-order valence-corrected chi connectivity index (χ2v) is 4.30. The highest BCUT2D eigenvalue weighted by Crippen LogP contribution is 2.21. The van der Waals surface area contributed by atoms with Crippen LogP contribution in [0, 0.1) is 5.82 Å². The molecular weight excluding hydrogens is 277 g/mol. The third-order valence-corrected chi connectivity index (χ3v) is 2.41. The maximum absolute atomic E-state index is 12.8. The summed E-state index contributed by atoms with van der Waals surface area (Å²) in [6.45, 7) is 0. The minimum absolute atomic E-state index is 0.109. The molecule has 0 aliphatic carbocycles. The predicted octanol–water partition coefficient (Wildman–Crippen LogP) is 2.79. The number of ether oxygens (including phenoxy) is 1. The van der Waals surface area contributed by atoms with Crippen molar-refractivity contribution in [1.29, 1.82) is 0 Å². The van der Waals surface area contributed by atoms with Crippen molar-refractivity contribution in [3.8, 4) is 11.5 Å². The Labute approximate surface area is 121 Å². The molecule has 0 unspecified atom stereocenters. The number of hydrogen-bond donors (Lipinski definition) is 2. The van der Waals surface area contributed by atoms with Crippen molar-refractivity contribution >= 4 is 23.5 Å². The van der Waals surface area contributed by atoms with Gasteiger partial charge in [-0.3, -0.25) is 5.43 Å². The number of nitrogens with one attached hydrogen (secondary N) is 1. The first kappa shape index (κ1) is 14.0. The smallest absolute Gasteiger partial charge is 0.184 e. The van der Waals surface area contributed by atoms with Gasteiger partial charge in [-0.15, -0.1) is 0 Å². The van der Waals surface area contributed by atoms with Crippen molar-refractivity contribution < 1.29 is 9.13 Å². The lowest BCUT2D eigenvalue weighted by Crippen LogP contribution is -2.23. The first-order chi connectivity index (χ1) is 9.63. The minimum Gasteiger partial charge on any atom is -0.457 e. The molecule has 2 rings (SSSR count). The van der Waals surface area contributed by atoms with Crippen molar-refractivity contribution in [3.63, 3.8) is 0 Å². The third kappa shape index (κ3) is 4.33. The van der Waals surface area contributed by atoms with Crippen molar-refractivity contribution in [2.75, 3.05) is 0 Å². The highest BCUT2D eigenvalue weighted by Gasteiger charge is 1.98. The minimum atomic E-state index is -0.297. The number of halogens is 1. The van der Waals surface area contributed by atoms with Crippen LogP contribution in [-0.4, -0.2) is 11.3 Å². The molecule has 0 spiro atoms. The summed E-state index contributed by atoms with van der Waals surface area (Å²) in [7, 11) is 0. The lowest BCUT2D eigenvalue weighted by Gasteiger charge is -2.05. The van der Waals surface area contributed by atoms with Gasteiger partial charge in [-0.2, -0.15) is 5.10 Å². The first-order valence-corrected chi connectivity index (χ1v) is 6.16. The van der Waals surface area contributed by atoms with Crippen LogP contribution >= 0.6 is 12.2 Å². The van der Waals surface area contributed by atoms with Crippen molar-refractivity contribution in [1.82, 2.24) is 5.43 Å². The Morgan fingerprint density at radius 2 is 1.65 bits per heavy atom. The van der Waals surface area contributed by atoms with Crippen molar-refractivity contribution in [2.45, 2.75) is 0 Å². The molecule has 0 aliphatic heterocycles. The van der Waals surface area contributed by atoms with E-state index >= 15 is 0 Å². The van der Waals surface area contributed by atoms with E-state index in [-0.39, 0.29) is 10.9 Å². The normalized spacial score (nSPS) is 10.4. The standard InChI is InChI=1S/C14H12FN3OS/c15-11-3-7-13(8-4-11)19-12-5-1-10(2-6-12)9-17-18-14(16)20/h1-9H,(H3,16,18,20)/b17-9+. The highest BCUT2D eigenvalue weighted by molar-refractivity contribution is 7.80. The van der Waals surface area contributed by atoms with E-state index in [0.717, 1.165) is 5.56 Å². The van der Waals surface area contributed by atoms with Crippen LogP contribution in [0.15, 0.2) is 53.6 Å². The van der Waals surface area contributed by atoms with Gasteiger partial charge in [0.1, 0.15) is 17.3 Å². The Hall–Kier alpha value is -2.47. The Morgan fingerprint density at radius 1 is 1.10 bits per heavy atom. The van der Waals surface area contributed by atoms with E-state index in [4.69, 9.17) is 10.5 Å². The Morgan fingerprint density at radius 3 is 2.20 bits per heavy atom. The summed E-state index contributed by atoms with van der Waals surface area (Å²) in [6.07, 6.45) is 1.58. The molecule has 2 aromatic rings. The van der Waals surface area contributed by atoms with Gasteiger partial charge in [0, 0.05) is 0 Å². The van der Waals surface area contributed by atoms with Crippen LogP contribution in [0.1, 0.15) is 5.56 Å². The predicted molar refractivity (Wildman–Crippen MR) is 80.4 cm³/mol. The Kier molecular flexibility index (Phi) is 4.62. The average Bonchev–Trinajstić information content (AvgIpc) is 2.43. The topological polar surface area (TPSA) is 59.6 Å². The first-order valence-electron chi connectivity index (χ1n) is 5.75. The second kappa shape index (κ2) is 6.63. The number of thiocarbonyl (C=S) groups is 1. The summed E-state index contributed by atoms with van der Waals surface area (Å²) >= 11 is 4.62. The van der Waals surface area contributed by atoms with Crippen LogP contribution in [-0.2, 0) is 0 Å². The average molecular weight is 289 g/mol. The van der Waals surface area contributed by atoms with Crippen LogP contribution in [0.25, 0.3) is 0 Å². The summed E-state index contributed by atoms with van der Waals surface area (Å²) in [5.41, 5.74) is 8.56. The quantitative estimate of drug-likeness (QED) is 0.516. The molecule has 0 fully saturated rings. The number of hydrogen-bond acceptors (Lipinski definition) is 3. The molecule has 0 saturated heterocycles. The lowest BCUT2D eigenvalue weighted by molar-refractivity contribution is 0.480. The van der Waals surface area contributed by atoms with Gasteiger partial charge in [-0.25, -0.2) is 4.39 Å². The summed E-state index contributed by atoms with van der Waals surface area (Å²) in [6, 6.07) is 13.0. The van der Waals surface area contributed by atoms with Gasteiger partial charge in [-0.1, -0.05) is 0 Å². The molecule has 4 nitrogen and oxygen atoms in total. The SMILES string of the molecule is NC(=S)N/N=C/c1ccc(Oc2ccc(F)cc2)cc1. The third-order valence-electron chi connectivity index (χ3n) is 2.32. The zero-order chi connectivity index (χ0) is 14.4. The lowest BCUT2D eigenvalue weighted by atomic mass is 10.2. The largest absolute Gasteiger partial charge is 0.457 e. The van der Waals surface area contributed by atoms with E-state index in [1.807, 2.05) is 12.1 Å². The molecule has 0 heterocycles. The monoisotopic (exact) mass is 289 g/mol. The fourth-order valence-electron chi connectivity index (χ4n) is 1.43. The molecule has 20 heavy (non-hydrogen) atoms. The van der Waals surface area contributed by atoms with E-state index in [2.05, 4.69) is 22.7 Å². The van der Waals surface area contributed by atoms with Gasteiger partial charge in [0.05, 0.1) is 6.21 Å². The van der Waals surface area contributed by atoms with Gasteiger partial charge >= 0.3 is 0 Å². The highest BCUT2D eigenvalue weighted by atomic mass is 32.1. The van der Waals surface area contributed by atoms with Crippen LogP contribution in [0.4, 0.5) is 4.39 Å². The maximum Gasteiger partial charge on any atom is 0.184 e. The maximum atomic E-state index is 12.8. The molecule has 2 aromatic carbocycles. The Bertz CT molecular complexity index is 611. The molecule has 0 aromatic heterocycles. The number of rotatable bonds is 4. The van der Waals surface area contributed by atoms with Crippen LogP contribution in [0.2, 0.25) is 0 Å². The summed E-state index contributed by atoms with van der Waals surface area (Å²) < 4.78 is 18.3. The van der Waals surface area contributed by atoms with Gasteiger partial charge in [-0.05, 0) is 66.3 Å². The number of nitrogens with two attached hydrogens (primary N) is 1. The van der Waals surface area contributed by atoms with Crippen LogP contribution in [0.5, 0.6) is 11.5 Å². The van der Waals surface area contributed by atoms with Gasteiger partial charge < -0.3 is 10.5 Å². The fourth-order valence-corrected chi connectivity index (χ4v) is 1.48. The molecule has 102 valence electrons. The van der Waals surface area contributed by atoms with Crippen LogP contribution in [0.3, 0.4) is 0 Å². The van der Waals surface area contributed by atoms with E-state index < -0.39 is 0 Å². The number of hydrazone groups is 1. The molecule has 0 bridgehead atoms.